The molecule has 0 aliphatic carbocycles. The first-order valence-electron chi connectivity index (χ1n) is 9.61. The minimum Gasteiger partial charge on any atom is -0.416 e. The van der Waals surface area contributed by atoms with Gasteiger partial charge in [0, 0.05) is 25.1 Å². The highest BCUT2D eigenvalue weighted by Gasteiger charge is 2.35. The average Bonchev–Trinajstić information content (AvgIpc) is 3.35. The molecule has 0 N–H and O–H groups in total. The van der Waals surface area contributed by atoms with Gasteiger partial charge < -0.3 is 9.32 Å². The average molecular weight is 424 g/mol. The van der Waals surface area contributed by atoms with Crippen molar-refractivity contribution in [2.24, 2.45) is 0 Å². The van der Waals surface area contributed by atoms with Crippen LogP contribution in [-0.2, 0) is 11.2 Å². The van der Waals surface area contributed by atoms with Gasteiger partial charge in [0.2, 0.25) is 11.8 Å². The molecular formula is C21H20N4O4S. The van der Waals surface area contributed by atoms with Crippen LogP contribution in [0, 0.1) is 10.1 Å². The van der Waals surface area contributed by atoms with Crippen molar-refractivity contribution in [3.05, 3.63) is 76.2 Å². The molecular weight excluding hydrogens is 404 g/mol. The zero-order valence-electron chi connectivity index (χ0n) is 16.3. The molecule has 2 heterocycles. The third-order valence-electron chi connectivity index (χ3n) is 5.05. The minimum absolute atomic E-state index is 0.0366. The molecule has 1 fully saturated rings. The van der Waals surface area contributed by atoms with Crippen molar-refractivity contribution >= 4 is 29.0 Å². The molecule has 8 nitrogen and oxygen atoms in total. The summed E-state index contributed by atoms with van der Waals surface area (Å²) in [5, 5.41) is 19.2. The van der Waals surface area contributed by atoms with Crippen molar-refractivity contribution in [2.45, 2.75) is 36.2 Å². The van der Waals surface area contributed by atoms with Crippen molar-refractivity contribution in [2.75, 3.05) is 11.4 Å². The molecule has 9 heteroatoms. The van der Waals surface area contributed by atoms with Gasteiger partial charge >= 0.3 is 0 Å². The van der Waals surface area contributed by atoms with E-state index in [1.54, 1.807) is 17.0 Å². The molecule has 1 aliphatic rings. The summed E-state index contributed by atoms with van der Waals surface area (Å²) in [5.74, 6) is 0.662. The predicted octanol–water partition coefficient (Wildman–Crippen LogP) is 4.22. The molecule has 2 unspecified atom stereocenters. The van der Waals surface area contributed by atoms with E-state index in [-0.39, 0.29) is 22.8 Å². The largest absolute Gasteiger partial charge is 0.416 e. The molecule has 4 rings (SSSR count). The van der Waals surface area contributed by atoms with Crippen molar-refractivity contribution in [1.82, 2.24) is 10.2 Å². The van der Waals surface area contributed by atoms with E-state index in [0.717, 1.165) is 0 Å². The molecule has 1 saturated heterocycles. The molecule has 154 valence electrons. The number of rotatable bonds is 7. The van der Waals surface area contributed by atoms with Crippen LogP contribution in [0.3, 0.4) is 0 Å². The van der Waals surface area contributed by atoms with Crippen LogP contribution in [-0.4, -0.2) is 32.8 Å². The van der Waals surface area contributed by atoms with Gasteiger partial charge in [-0.3, -0.25) is 14.9 Å². The van der Waals surface area contributed by atoms with E-state index in [1.807, 2.05) is 18.2 Å². The van der Waals surface area contributed by atoms with Crippen LogP contribution in [0.2, 0.25) is 0 Å². The first-order chi connectivity index (χ1) is 14.5. The molecule has 3 aromatic rings. The molecule has 1 aromatic heterocycles. The van der Waals surface area contributed by atoms with Crippen LogP contribution < -0.4 is 4.90 Å². The van der Waals surface area contributed by atoms with E-state index in [0.29, 0.717) is 36.2 Å². The Labute approximate surface area is 177 Å². The van der Waals surface area contributed by atoms with E-state index in [2.05, 4.69) is 29.3 Å². The Balaban J connectivity index is 1.39. The highest BCUT2D eigenvalue weighted by atomic mass is 32.2. The van der Waals surface area contributed by atoms with E-state index >= 15 is 0 Å². The minimum atomic E-state index is -0.466. The van der Waals surface area contributed by atoms with Crippen LogP contribution in [0.4, 0.5) is 11.4 Å². The first-order valence-corrected chi connectivity index (χ1v) is 10.5. The number of hydrogen-bond acceptors (Lipinski definition) is 7. The topological polar surface area (TPSA) is 102 Å². The Morgan fingerprint density at radius 1 is 1.23 bits per heavy atom. The number of benzene rings is 2. The van der Waals surface area contributed by atoms with Crippen molar-refractivity contribution < 1.29 is 14.1 Å². The Morgan fingerprint density at radius 2 is 2.03 bits per heavy atom. The highest BCUT2D eigenvalue weighted by Crippen LogP contribution is 2.34. The fourth-order valence-corrected chi connectivity index (χ4v) is 4.37. The number of non-ortho nitro benzene ring substituents is 1. The fourth-order valence-electron chi connectivity index (χ4n) is 3.45. The van der Waals surface area contributed by atoms with E-state index < -0.39 is 4.92 Å². The van der Waals surface area contributed by atoms with Gasteiger partial charge in [-0.1, -0.05) is 55.1 Å². The van der Waals surface area contributed by atoms with Crippen LogP contribution in [0.1, 0.15) is 30.7 Å². The lowest BCUT2D eigenvalue weighted by atomic mass is 9.98. The number of nitro benzene ring substituents is 1. The lowest BCUT2D eigenvalue weighted by Gasteiger charge is -2.16. The Bertz CT molecular complexity index is 1060. The van der Waals surface area contributed by atoms with Gasteiger partial charge in [-0.25, -0.2) is 0 Å². The third-order valence-corrected chi connectivity index (χ3v) is 6.14. The third kappa shape index (κ3) is 4.35. The maximum absolute atomic E-state index is 12.8. The second-order valence-electron chi connectivity index (χ2n) is 7.14. The van der Waals surface area contributed by atoms with Crippen molar-refractivity contribution in [1.29, 1.82) is 0 Å². The molecule has 0 saturated carbocycles. The fraction of sp³-hybridized carbons (Fsp3) is 0.286. The predicted molar refractivity (Wildman–Crippen MR) is 113 cm³/mol. The van der Waals surface area contributed by atoms with Crippen LogP contribution in [0.25, 0.3) is 0 Å². The SMILES string of the molecule is CC(Cc1nnc(SC2CCN(c3cccc([N+](=O)[O-])c3)C2=O)o1)c1ccccc1. The number of aromatic nitrogens is 2. The van der Waals surface area contributed by atoms with Gasteiger partial charge in [-0.2, -0.15) is 0 Å². The maximum atomic E-state index is 12.8. The van der Waals surface area contributed by atoms with Gasteiger partial charge in [0.15, 0.2) is 0 Å². The highest BCUT2D eigenvalue weighted by molar-refractivity contribution is 8.00. The Kier molecular flexibility index (Phi) is 5.80. The van der Waals surface area contributed by atoms with Crippen LogP contribution >= 0.6 is 11.8 Å². The van der Waals surface area contributed by atoms with Crippen LogP contribution in [0.5, 0.6) is 0 Å². The van der Waals surface area contributed by atoms with Crippen LogP contribution in [0.15, 0.2) is 64.2 Å². The zero-order chi connectivity index (χ0) is 21.1. The molecule has 30 heavy (non-hydrogen) atoms. The Hall–Kier alpha value is -3.20. The molecule has 2 aromatic carbocycles. The summed E-state index contributed by atoms with van der Waals surface area (Å²) in [6.07, 6.45) is 1.22. The van der Waals surface area contributed by atoms with Crippen molar-refractivity contribution in [3.63, 3.8) is 0 Å². The summed E-state index contributed by atoms with van der Waals surface area (Å²) in [6.45, 7) is 2.59. The van der Waals surface area contributed by atoms with Gasteiger partial charge in [-0.05, 0) is 24.0 Å². The monoisotopic (exact) mass is 424 g/mol. The first kappa shape index (κ1) is 20.1. The molecule has 2 atom stereocenters. The summed E-state index contributed by atoms with van der Waals surface area (Å²) in [7, 11) is 0. The standard InChI is InChI=1S/C21H20N4O4S/c1-14(15-6-3-2-4-7-15)12-19-22-23-21(29-19)30-18-10-11-24(20(18)26)16-8-5-9-17(13-16)25(27)28/h2-9,13-14,18H,10-12H2,1H3. The number of thioether (sulfide) groups is 1. The van der Waals surface area contributed by atoms with E-state index in [4.69, 9.17) is 4.42 Å². The number of amides is 1. The second-order valence-corrected chi connectivity index (χ2v) is 8.29. The molecule has 1 aliphatic heterocycles. The van der Waals surface area contributed by atoms with E-state index in [9.17, 15) is 14.9 Å². The number of carbonyl (C=O) groups excluding carboxylic acids is 1. The summed E-state index contributed by atoms with van der Waals surface area (Å²) in [4.78, 5) is 24.9. The number of anilines is 1. The smallest absolute Gasteiger partial charge is 0.277 e. The molecule has 0 radical (unpaired) electrons. The lowest BCUT2D eigenvalue weighted by Crippen LogP contribution is -2.28. The Morgan fingerprint density at radius 3 is 2.80 bits per heavy atom. The van der Waals surface area contributed by atoms with Gasteiger partial charge in [0.25, 0.3) is 10.9 Å². The normalized spacial score (nSPS) is 17.3. The van der Waals surface area contributed by atoms with Gasteiger partial charge in [-0.15, -0.1) is 10.2 Å². The van der Waals surface area contributed by atoms with E-state index in [1.165, 1.54) is 29.5 Å². The summed E-state index contributed by atoms with van der Waals surface area (Å²) >= 11 is 1.25. The van der Waals surface area contributed by atoms with Crippen molar-refractivity contribution in [3.8, 4) is 0 Å². The molecule has 0 bridgehead atoms. The lowest BCUT2D eigenvalue weighted by molar-refractivity contribution is -0.384. The van der Waals surface area contributed by atoms with Gasteiger partial charge in [0.1, 0.15) is 0 Å². The number of carbonyl (C=O) groups is 1. The summed E-state index contributed by atoms with van der Waals surface area (Å²) in [5.41, 5.74) is 1.69. The number of nitro groups is 1. The van der Waals surface area contributed by atoms with Gasteiger partial charge in [0.05, 0.1) is 15.9 Å². The summed E-state index contributed by atoms with van der Waals surface area (Å²) < 4.78 is 5.76. The maximum Gasteiger partial charge on any atom is 0.277 e. The number of nitrogens with zero attached hydrogens (tertiary/aromatic N) is 4. The quantitative estimate of drug-likeness (QED) is 0.413. The molecule has 1 amide bonds. The summed E-state index contributed by atoms with van der Waals surface area (Å²) in [6, 6.07) is 16.2. The number of hydrogen-bond donors (Lipinski definition) is 0. The zero-order valence-corrected chi connectivity index (χ0v) is 17.1. The molecule has 0 spiro atoms. The second kappa shape index (κ2) is 8.66.